The van der Waals surface area contributed by atoms with Crippen LogP contribution in [0.4, 0.5) is 0 Å². The second kappa shape index (κ2) is 5.94. The van der Waals surface area contributed by atoms with E-state index in [1.54, 1.807) is 18.7 Å². The maximum Gasteiger partial charge on any atom is 0.328 e. The molecule has 18 heavy (non-hydrogen) atoms. The van der Waals surface area contributed by atoms with Gasteiger partial charge in [0.1, 0.15) is 8.07 Å². The topological polar surface area (TPSA) is 95.3 Å². The van der Waals surface area contributed by atoms with Gasteiger partial charge in [-0.25, -0.2) is 4.79 Å². The highest BCUT2D eigenvalue weighted by atomic mass is 28.3. The maximum atomic E-state index is 11.5. The summed E-state index contributed by atoms with van der Waals surface area (Å²) >= 11 is 0. The summed E-state index contributed by atoms with van der Waals surface area (Å²) < 4.78 is 1.37. The van der Waals surface area contributed by atoms with Crippen LogP contribution in [0.5, 0.6) is 0 Å². The van der Waals surface area contributed by atoms with Crippen LogP contribution in [-0.2, 0) is 6.54 Å². The summed E-state index contributed by atoms with van der Waals surface area (Å²) in [6.45, 7) is 3.77. The van der Waals surface area contributed by atoms with E-state index in [0.29, 0.717) is 12.1 Å². The molecule has 0 radical (unpaired) electrons. The zero-order valence-electron chi connectivity index (χ0n) is 10.5. The smallest absolute Gasteiger partial charge is 0.328 e. The molecule has 0 spiro atoms. The normalized spacial score (nSPS) is 12.2. The van der Waals surface area contributed by atoms with E-state index < -0.39 is 13.8 Å². The van der Waals surface area contributed by atoms with Crippen molar-refractivity contribution in [1.82, 2.24) is 9.55 Å². The summed E-state index contributed by atoms with van der Waals surface area (Å²) in [5, 5.41) is 18.3. The molecule has 0 atom stereocenters. The van der Waals surface area contributed by atoms with Gasteiger partial charge in [0.2, 0.25) is 0 Å². The second-order valence-corrected chi connectivity index (χ2v) is 8.87. The van der Waals surface area contributed by atoms with E-state index in [1.165, 1.54) is 10.8 Å². The average Bonchev–Trinajstić information content (AvgIpc) is 2.35. The molecule has 0 amide bonds. The number of aromatic amines is 1. The highest BCUT2D eigenvalue weighted by molar-refractivity contribution is 6.83. The second-order valence-electron chi connectivity index (χ2n) is 4.60. The van der Waals surface area contributed by atoms with Gasteiger partial charge in [-0.15, -0.1) is 0 Å². The predicted octanol–water partition coefficient (Wildman–Crippen LogP) is -0.918. The number of aromatic nitrogens is 2. The van der Waals surface area contributed by atoms with E-state index in [0.717, 1.165) is 0 Å². The van der Waals surface area contributed by atoms with Gasteiger partial charge in [0.05, 0.1) is 0 Å². The first-order chi connectivity index (χ1) is 8.41. The Bertz CT molecular complexity index is 543. The monoisotopic (exact) mass is 270 g/mol. The fourth-order valence-electron chi connectivity index (χ4n) is 1.36. The maximum absolute atomic E-state index is 11.5. The van der Waals surface area contributed by atoms with E-state index in [-0.39, 0.29) is 18.0 Å². The molecule has 1 aromatic rings. The highest BCUT2D eigenvalue weighted by Crippen LogP contribution is 2.02. The van der Waals surface area contributed by atoms with Gasteiger partial charge in [0.25, 0.3) is 5.56 Å². The molecule has 0 saturated heterocycles. The molecule has 3 N–H and O–H groups in total. The van der Waals surface area contributed by atoms with Gasteiger partial charge in [-0.3, -0.25) is 14.3 Å². The molecule has 6 nitrogen and oxygen atoms in total. The van der Waals surface area contributed by atoms with Crippen molar-refractivity contribution < 1.29 is 10.2 Å². The molecule has 0 aromatic carbocycles. The highest BCUT2D eigenvalue weighted by Gasteiger charge is 2.21. The van der Waals surface area contributed by atoms with Crippen molar-refractivity contribution in [2.75, 3.05) is 12.5 Å². The zero-order chi connectivity index (χ0) is 13.8. The minimum atomic E-state index is -2.15. The third-order valence-electron chi connectivity index (χ3n) is 2.73. The summed E-state index contributed by atoms with van der Waals surface area (Å²) in [6.07, 6.45) is 3.14. The van der Waals surface area contributed by atoms with E-state index >= 15 is 0 Å². The van der Waals surface area contributed by atoms with Crippen molar-refractivity contribution in [3.63, 3.8) is 0 Å². The fourth-order valence-corrected chi connectivity index (χ4v) is 2.35. The Morgan fingerprint density at radius 2 is 2.00 bits per heavy atom. The first kappa shape index (κ1) is 14.6. The van der Waals surface area contributed by atoms with E-state index in [2.05, 4.69) is 4.98 Å². The van der Waals surface area contributed by atoms with Crippen LogP contribution < -0.4 is 11.2 Å². The van der Waals surface area contributed by atoms with Crippen LogP contribution in [0, 0.1) is 6.92 Å². The molecule has 1 aromatic heterocycles. The van der Waals surface area contributed by atoms with Gasteiger partial charge < -0.3 is 10.2 Å². The number of H-pyrrole nitrogens is 1. The first-order valence-electron chi connectivity index (χ1n) is 5.61. The number of hydrogen-bond acceptors (Lipinski definition) is 4. The average molecular weight is 270 g/mol. The van der Waals surface area contributed by atoms with E-state index in [4.69, 9.17) is 10.2 Å². The molecule has 0 aliphatic heterocycles. The molecular weight excluding hydrogens is 252 g/mol. The minimum Gasteiger partial charge on any atom is -0.399 e. The molecular formula is C11H18N2O4Si. The number of hydrogen-bond donors (Lipinski definition) is 3. The molecule has 0 fully saturated rings. The molecule has 0 saturated carbocycles. The van der Waals surface area contributed by atoms with Gasteiger partial charge in [0, 0.05) is 30.8 Å². The number of allylic oxidation sites excluding steroid dienone is 1. The summed E-state index contributed by atoms with van der Waals surface area (Å²) in [5.41, 5.74) is 1.41. The third-order valence-corrected chi connectivity index (χ3v) is 5.22. The Kier molecular flexibility index (Phi) is 4.82. The summed E-state index contributed by atoms with van der Waals surface area (Å²) in [4.78, 5) is 24.9. The van der Waals surface area contributed by atoms with Gasteiger partial charge in [-0.2, -0.15) is 0 Å². The molecule has 0 aliphatic rings. The lowest BCUT2D eigenvalue weighted by Crippen LogP contribution is -2.38. The zero-order valence-corrected chi connectivity index (χ0v) is 11.5. The molecule has 100 valence electrons. The van der Waals surface area contributed by atoms with Crippen LogP contribution in [0.2, 0.25) is 6.55 Å². The number of rotatable bonds is 5. The molecule has 7 heteroatoms. The van der Waals surface area contributed by atoms with Gasteiger partial charge in [-0.05, 0) is 6.92 Å². The van der Waals surface area contributed by atoms with Gasteiger partial charge in [0.15, 0.2) is 0 Å². The largest absolute Gasteiger partial charge is 0.399 e. The van der Waals surface area contributed by atoms with Gasteiger partial charge >= 0.3 is 5.69 Å². The Labute approximate surface area is 105 Å². The molecule has 1 rings (SSSR count). The van der Waals surface area contributed by atoms with E-state index in [1.807, 2.05) is 6.55 Å². The van der Waals surface area contributed by atoms with Crippen LogP contribution >= 0.6 is 0 Å². The Balaban J connectivity index is 2.88. The number of nitrogens with zero attached hydrogens (tertiary/aromatic N) is 1. The first-order valence-corrected chi connectivity index (χ1v) is 8.61. The van der Waals surface area contributed by atoms with Crippen molar-refractivity contribution in [2.24, 2.45) is 0 Å². The number of aliphatic hydroxyl groups excluding tert-OH is 2. The molecule has 0 bridgehead atoms. The fraction of sp³-hybridized carbons (Fsp3) is 0.455. The molecule has 0 unspecified atom stereocenters. The number of aliphatic hydroxyl groups is 2. The van der Waals surface area contributed by atoms with Crippen molar-refractivity contribution in [2.45, 2.75) is 20.0 Å². The van der Waals surface area contributed by atoms with Crippen LogP contribution in [0.1, 0.15) is 5.56 Å². The van der Waals surface area contributed by atoms with Gasteiger partial charge in [-0.1, -0.05) is 18.3 Å². The van der Waals surface area contributed by atoms with Crippen LogP contribution in [0.3, 0.4) is 0 Å². The standard InChI is InChI=1S/C11H18N2O4Si/c1-9-6-13(11(17)12-10(9)16)4-3-5-18(2,7-14)8-15/h3,5-6,14-15H,4,7-8H2,1-2H3,(H,12,16,17)/b5-3-. The van der Waals surface area contributed by atoms with Crippen molar-refractivity contribution in [1.29, 1.82) is 0 Å². The third kappa shape index (κ3) is 3.52. The predicted molar refractivity (Wildman–Crippen MR) is 71.0 cm³/mol. The molecule has 1 heterocycles. The number of aryl methyl sites for hydroxylation is 1. The minimum absolute atomic E-state index is 0.0421. The lowest BCUT2D eigenvalue weighted by atomic mass is 10.4. The lowest BCUT2D eigenvalue weighted by molar-refractivity contribution is 0.324. The van der Waals surface area contributed by atoms with Crippen LogP contribution in [0.25, 0.3) is 0 Å². The summed E-state index contributed by atoms with van der Waals surface area (Å²) in [5.74, 6) is 0. The lowest BCUT2D eigenvalue weighted by Gasteiger charge is -2.16. The van der Waals surface area contributed by atoms with Crippen molar-refractivity contribution >= 4 is 8.07 Å². The SMILES string of the molecule is Cc1cn(C/C=C\[Si](C)(CO)CO)c(=O)[nH]c1=O. The van der Waals surface area contributed by atoms with Crippen molar-refractivity contribution in [3.8, 4) is 0 Å². The van der Waals surface area contributed by atoms with Crippen molar-refractivity contribution in [3.05, 3.63) is 44.4 Å². The van der Waals surface area contributed by atoms with E-state index in [9.17, 15) is 9.59 Å². The van der Waals surface area contributed by atoms with Crippen LogP contribution in [-0.4, -0.2) is 40.3 Å². The summed E-state index contributed by atoms with van der Waals surface area (Å²) in [7, 11) is -2.15. The Hall–Kier alpha value is -1.44. The Morgan fingerprint density at radius 1 is 1.39 bits per heavy atom. The Morgan fingerprint density at radius 3 is 2.56 bits per heavy atom. The number of nitrogens with one attached hydrogen (secondary N) is 1. The summed E-state index contributed by atoms with van der Waals surface area (Å²) in [6, 6.07) is 0. The quantitative estimate of drug-likeness (QED) is 0.603. The van der Waals surface area contributed by atoms with Crippen LogP contribution in [0.15, 0.2) is 27.6 Å². The molecule has 0 aliphatic carbocycles.